The number of hydrogen-bond donors (Lipinski definition) is 2. The van der Waals surface area contributed by atoms with Gasteiger partial charge in [0, 0.05) is 18.7 Å². The Labute approximate surface area is 171 Å². The van der Waals surface area contributed by atoms with Gasteiger partial charge in [-0.3, -0.25) is 14.8 Å². The summed E-state index contributed by atoms with van der Waals surface area (Å²) in [6, 6.07) is 10.1. The van der Waals surface area contributed by atoms with Gasteiger partial charge in [0.25, 0.3) is 5.91 Å². The second-order valence-electron chi connectivity index (χ2n) is 8.05. The molecule has 5 nitrogen and oxygen atoms in total. The molecular formula is C22H21F3N2O3. The van der Waals surface area contributed by atoms with Gasteiger partial charge in [0.15, 0.2) is 0 Å². The summed E-state index contributed by atoms with van der Waals surface area (Å²) in [5, 5.41) is 8.85. The van der Waals surface area contributed by atoms with Crippen LogP contribution in [-0.2, 0) is 30.4 Å². The maximum Gasteiger partial charge on any atom is 0.416 e. The Morgan fingerprint density at radius 3 is 2.50 bits per heavy atom. The van der Waals surface area contributed by atoms with Crippen molar-refractivity contribution < 1.29 is 28.0 Å². The fourth-order valence-corrected chi connectivity index (χ4v) is 4.53. The molecule has 2 N–H and O–H groups in total. The van der Waals surface area contributed by atoms with E-state index in [0.29, 0.717) is 36.9 Å². The van der Waals surface area contributed by atoms with Gasteiger partial charge in [-0.15, -0.1) is 0 Å². The molecule has 0 bridgehead atoms. The Bertz CT molecular complexity index is 988. The lowest BCUT2D eigenvalue weighted by Gasteiger charge is -2.33. The fraction of sp³-hybridized carbons (Fsp3) is 0.364. The van der Waals surface area contributed by atoms with Crippen molar-refractivity contribution in [2.24, 2.45) is 5.41 Å². The topological polar surface area (TPSA) is 69.6 Å². The van der Waals surface area contributed by atoms with E-state index in [9.17, 15) is 22.8 Å². The number of nitrogens with one attached hydrogen (secondary N) is 1. The number of aryl methyl sites for hydroxylation is 1. The highest BCUT2D eigenvalue weighted by Crippen LogP contribution is 2.44. The number of carbonyl (C=O) groups excluding carboxylic acids is 2. The van der Waals surface area contributed by atoms with E-state index in [2.05, 4.69) is 0 Å². The van der Waals surface area contributed by atoms with Crippen molar-refractivity contribution in [3.63, 3.8) is 0 Å². The number of nitrogens with zero attached hydrogens (tertiary/aromatic N) is 1. The predicted octanol–water partition coefficient (Wildman–Crippen LogP) is 3.73. The Morgan fingerprint density at radius 1 is 1.10 bits per heavy atom. The quantitative estimate of drug-likeness (QED) is 0.590. The Morgan fingerprint density at radius 2 is 1.83 bits per heavy atom. The fourth-order valence-electron chi connectivity index (χ4n) is 4.53. The predicted molar refractivity (Wildman–Crippen MR) is 102 cm³/mol. The van der Waals surface area contributed by atoms with Crippen LogP contribution in [0.15, 0.2) is 42.5 Å². The summed E-state index contributed by atoms with van der Waals surface area (Å²) in [6.45, 7) is 0.824. The van der Waals surface area contributed by atoms with E-state index >= 15 is 0 Å². The van der Waals surface area contributed by atoms with Gasteiger partial charge >= 0.3 is 6.18 Å². The molecule has 0 aromatic heterocycles. The van der Waals surface area contributed by atoms with Gasteiger partial charge in [0.1, 0.15) is 0 Å². The first-order valence-electron chi connectivity index (χ1n) is 9.74. The molecular weight excluding hydrogens is 397 g/mol. The molecule has 0 saturated carbocycles. The number of hydroxylamine groups is 1. The largest absolute Gasteiger partial charge is 0.416 e. The van der Waals surface area contributed by atoms with Gasteiger partial charge in [-0.1, -0.05) is 18.2 Å². The number of likely N-dealkylation sites (tertiary alicyclic amines) is 1. The van der Waals surface area contributed by atoms with Crippen LogP contribution in [0, 0.1) is 5.41 Å². The zero-order chi connectivity index (χ0) is 21.5. The highest BCUT2D eigenvalue weighted by Gasteiger charge is 2.48. The van der Waals surface area contributed by atoms with Crippen molar-refractivity contribution in [3.05, 3.63) is 70.3 Å². The molecule has 1 atom stereocenters. The summed E-state index contributed by atoms with van der Waals surface area (Å²) in [4.78, 5) is 26.6. The van der Waals surface area contributed by atoms with Crippen molar-refractivity contribution >= 4 is 11.8 Å². The van der Waals surface area contributed by atoms with Gasteiger partial charge < -0.3 is 4.90 Å². The number of amides is 2. The van der Waals surface area contributed by atoms with Crippen LogP contribution in [0.4, 0.5) is 13.2 Å². The van der Waals surface area contributed by atoms with Crippen molar-refractivity contribution in [3.8, 4) is 0 Å². The van der Waals surface area contributed by atoms with Crippen LogP contribution in [0.5, 0.6) is 0 Å². The molecule has 2 aliphatic rings. The third-order valence-corrected chi connectivity index (χ3v) is 6.23. The van der Waals surface area contributed by atoms with Crippen LogP contribution < -0.4 is 5.48 Å². The number of carbonyl (C=O) groups is 2. The lowest BCUT2D eigenvalue weighted by Crippen LogP contribution is -2.38. The first-order valence-corrected chi connectivity index (χ1v) is 9.74. The third-order valence-electron chi connectivity index (χ3n) is 6.23. The number of halogens is 3. The second-order valence-corrected chi connectivity index (χ2v) is 8.05. The molecule has 158 valence electrons. The van der Waals surface area contributed by atoms with E-state index in [-0.39, 0.29) is 12.5 Å². The lowest BCUT2D eigenvalue weighted by molar-refractivity contribution is -0.138. The molecule has 2 amide bonds. The van der Waals surface area contributed by atoms with E-state index in [0.717, 1.165) is 29.7 Å². The van der Waals surface area contributed by atoms with E-state index in [4.69, 9.17) is 5.21 Å². The summed E-state index contributed by atoms with van der Waals surface area (Å²) in [5.74, 6) is -0.593. The monoisotopic (exact) mass is 418 g/mol. The first-order chi connectivity index (χ1) is 14.2. The average molecular weight is 418 g/mol. The first kappa shape index (κ1) is 20.4. The lowest BCUT2D eigenvalue weighted by atomic mass is 9.70. The van der Waals surface area contributed by atoms with E-state index in [1.807, 2.05) is 6.07 Å². The third kappa shape index (κ3) is 3.67. The van der Waals surface area contributed by atoms with Crippen LogP contribution in [0.3, 0.4) is 0 Å². The Hall–Kier alpha value is -2.87. The molecule has 1 unspecified atom stereocenters. The van der Waals surface area contributed by atoms with E-state index in [1.54, 1.807) is 22.5 Å². The number of benzene rings is 2. The highest BCUT2D eigenvalue weighted by atomic mass is 19.4. The molecule has 1 spiro atoms. The molecule has 8 heteroatoms. The minimum atomic E-state index is -4.38. The van der Waals surface area contributed by atoms with Crippen LogP contribution in [0.25, 0.3) is 0 Å². The molecule has 2 aromatic rings. The smallest absolute Gasteiger partial charge is 0.338 e. The summed E-state index contributed by atoms with van der Waals surface area (Å²) in [5.41, 5.74) is 3.37. The van der Waals surface area contributed by atoms with Crippen molar-refractivity contribution in [1.82, 2.24) is 10.4 Å². The summed E-state index contributed by atoms with van der Waals surface area (Å²) < 4.78 is 38.2. The summed E-state index contributed by atoms with van der Waals surface area (Å²) >= 11 is 0. The Balaban J connectivity index is 1.50. The maximum atomic E-state index is 13.2. The van der Waals surface area contributed by atoms with Crippen LogP contribution in [0.1, 0.15) is 45.5 Å². The van der Waals surface area contributed by atoms with E-state index < -0.39 is 23.1 Å². The summed E-state index contributed by atoms with van der Waals surface area (Å²) in [7, 11) is 0. The molecule has 4 rings (SSSR count). The minimum absolute atomic E-state index is 0.00469. The standard InChI is InChI=1S/C22H21F3N2O3/c23-22(24,25)18-5-1-14(2-6-18)13-27-10-9-21(20(27)29)8-7-15-3-4-16(19(28)26-30)11-17(15)12-21/h1-6,11,30H,7-10,12-13H2,(H,26,28). The molecule has 1 fully saturated rings. The molecule has 1 aliphatic carbocycles. The van der Waals surface area contributed by atoms with E-state index in [1.165, 1.54) is 12.1 Å². The average Bonchev–Trinajstić information content (AvgIpc) is 3.02. The minimum Gasteiger partial charge on any atom is -0.338 e. The van der Waals surface area contributed by atoms with Gasteiger partial charge in [0.2, 0.25) is 5.91 Å². The highest BCUT2D eigenvalue weighted by molar-refractivity contribution is 5.93. The molecule has 1 aliphatic heterocycles. The number of rotatable bonds is 3. The zero-order valence-electron chi connectivity index (χ0n) is 16.1. The second kappa shape index (κ2) is 7.43. The number of fused-ring (bicyclic) bond motifs is 1. The van der Waals surface area contributed by atoms with Gasteiger partial charge in [0.05, 0.1) is 11.0 Å². The number of alkyl halides is 3. The summed E-state index contributed by atoms with van der Waals surface area (Å²) in [6.07, 6.45) is -1.78. The zero-order valence-corrected chi connectivity index (χ0v) is 16.1. The SMILES string of the molecule is O=C(NO)c1ccc2c(c1)CC1(CC2)CCN(Cc2ccc(C(F)(F)F)cc2)C1=O. The molecule has 1 saturated heterocycles. The molecule has 1 heterocycles. The van der Waals surface area contributed by atoms with Crippen molar-refractivity contribution in [2.75, 3.05) is 6.54 Å². The molecule has 0 radical (unpaired) electrons. The van der Waals surface area contributed by atoms with Gasteiger partial charge in [-0.25, -0.2) is 5.48 Å². The van der Waals surface area contributed by atoms with Crippen LogP contribution in [-0.4, -0.2) is 28.5 Å². The van der Waals surface area contributed by atoms with Crippen molar-refractivity contribution in [2.45, 2.75) is 38.4 Å². The van der Waals surface area contributed by atoms with Crippen LogP contribution in [0.2, 0.25) is 0 Å². The van der Waals surface area contributed by atoms with Crippen molar-refractivity contribution in [1.29, 1.82) is 0 Å². The maximum absolute atomic E-state index is 13.2. The van der Waals surface area contributed by atoms with Gasteiger partial charge in [-0.2, -0.15) is 13.2 Å². The Kier molecular flexibility index (Phi) is 5.05. The molecule has 30 heavy (non-hydrogen) atoms. The normalized spacial score (nSPS) is 21.1. The molecule has 2 aromatic carbocycles. The van der Waals surface area contributed by atoms with Crippen LogP contribution >= 0.6 is 0 Å². The van der Waals surface area contributed by atoms with Gasteiger partial charge in [-0.05, 0) is 66.6 Å². The number of hydrogen-bond acceptors (Lipinski definition) is 3.